The molecule has 1 fully saturated rings. The Balaban J connectivity index is 1.72. The van der Waals surface area contributed by atoms with Crippen LogP contribution in [-0.4, -0.2) is 61.3 Å². The van der Waals surface area contributed by atoms with E-state index in [1.165, 1.54) is 5.56 Å². The van der Waals surface area contributed by atoms with Crippen molar-refractivity contribution < 1.29 is 4.74 Å². The minimum atomic E-state index is 0.153. The fourth-order valence-electron chi connectivity index (χ4n) is 3.76. The summed E-state index contributed by atoms with van der Waals surface area (Å²) in [5.74, 6) is 0.776. The summed E-state index contributed by atoms with van der Waals surface area (Å²) >= 11 is 5.60. The van der Waals surface area contributed by atoms with Gasteiger partial charge in [0, 0.05) is 32.2 Å². The fourth-order valence-corrected chi connectivity index (χ4v) is 4.05. The Hall–Kier alpha value is -2.15. The van der Waals surface area contributed by atoms with Gasteiger partial charge in [-0.05, 0) is 43.9 Å². The lowest BCUT2D eigenvalue weighted by Crippen LogP contribution is -2.52. The van der Waals surface area contributed by atoms with Crippen LogP contribution in [0.2, 0.25) is 0 Å². The van der Waals surface area contributed by atoms with Gasteiger partial charge in [-0.3, -0.25) is 4.90 Å². The number of hydrogen-bond acceptors (Lipinski definition) is 4. The smallest absolute Gasteiger partial charge is 0.171 e. The van der Waals surface area contributed by atoms with Crippen LogP contribution in [0, 0.1) is 0 Å². The zero-order valence-electron chi connectivity index (χ0n) is 16.9. The molecule has 6 heteroatoms. The Bertz CT molecular complexity index is 762. The van der Waals surface area contributed by atoms with Crippen LogP contribution in [-0.2, 0) is 0 Å². The molecule has 0 unspecified atom stereocenters. The topological polar surface area (TPSA) is 39.8 Å². The predicted octanol–water partition coefficient (Wildman–Crippen LogP) is 3.36. The van der Waals surface area contributed by atoms with Crippen LogP contribution in [0.3, 0.4) is 0 Å². The van der Waals surface area contributed by atoms with Crippen LogP contribution in [0.15, 0.2) is 54.6 Å². The molecule has 2 atom stereocenters. The van der Waals surface area contributed by atoms with E-state index in [4.69, 9.17) is 17.0 Å². The second-order valence-corrected chi connectivity index (χ2v) is 7.69. The average molecular weight is 399 g/mol. The molecule has 0 aromatic heterocycles. The third-order valence-corrected chi connectivity index (χ3v) is 5.48. The van der Waals surface area contributed by atoms with Gasteiger partial charge in [0.25, 0.3) is 0 Å². The highest BCUT2D eigenvalue weighted by atomic mass is 32.1. The minimum Gasteiger partial charge on any atom is -0.495 e. The van der Waals surface area contributed by atoms with Gasteiger partial charge in [-0.1, -0.05) is 42.5 Å². The minimum absolute atomic E-state index is 0.153. The zero-order valence-corrected chi connectivity index (χ0v) is 17.7. The van der Waals surface area contributed by atoms with Gasteiger partial charge in [0.1, 0.15) is 5.75 Å². The van der Waals surface area contributed by atoms with Crippen LogP contribution in [0.4, 0.5) is 5.69 Å². The molecule has 2 aromatic carbocycles. The summed E-state index contributed by atoms with van der Waals surface area (Å²) in [6.07, 6.45) is 0. The van der Waals surface area contributed by atoms with Crippen LogP contribution in [0.5, 0.6) is 5.75 Å². The number of ether oxygens (including phenoxy) is 1. The maximum Gasteiger partial charge on any atom is 0.171 e. The number of rotatable bonds is 6. The number of para-hydroxylation sites is 2. The van der Waals surface area contributed by atoms with Gasteiger partial charge in [0.2, 0.25) is 0 Å². The van der Waals surface area contributed by atoms with Gasteiger partial charge in [-0.15, -0.1) is 0 Å². The molecule has 2 N–H and O–H groups in total. The van der Waals surface area contributed by atoms with Crippen molar-refractivity contribution in [1.82, 2.24) is 15.1 Å². The van der Waals surface area contributed by atoms with Crippen molar-refractivity contribution >= 4 is 23.0 Å². The van der Waals surface area contributed by atoms with E-state index in [2.05, 4.69) is 64.7 Å². The molecule has 2 aromatic rings. The van der Waals surface area contributed by atoms with Gasteiger partial charge < -0.3 is 20.3 Å². The third-order valence-electron chi connectivity index (χ3n) is 5.26. The van der Waals surface area contributed by atoms with E-state index in [1.807, 2.05) is 24.3 Å². The summed E-state index contributed by atoms with van der Waals surface area (Å²) in [5, 5.41) is 7.38. The summed E-state index contributed by atoms with van der Waals surface area (Å²) < 4.78 is 5.41. The molecular weight excluding hydrogens is 368 g/mol. The monoisotopic (exact) mass is 398 g/mol. The number of methoxy groups -OCH3 is 1. The summed E-state index contributed by atoms with van der Waals surface area (Å²) in [5.41, 5.74) is 2.18. The Morgan fingerprint density at radius 3 is 2.32 bits per heavy atom. The number of benzene rings is 2. The SMILES string of the molecule is COc1ccccc1NC(=S)N[C@H](C)[C@H](c1ccccc1)N1CCN(C)CC1. The maximum atomic E-state index is 5.60. The Morgan fingerprint density at radius 1 is 1.00 bits per heavy atom. The first kappa shape index (κ1) is 20.6. The molecular formula is C22H30N4OS. The summed E-state index contributed by atoms with van der Waals surface area (Å²) in [6, 6.07) is 18.9. The van der Waals surface area contributed by atoms with Crippen LogP contribution in [0.1, 0.15) is 18.5 Å². The van der Waals surface area contributed by atoms with E-state index in [0.29, 0.717) is 5.11 Å². The van der Waals surface area contributed by atoms with Gasteiger partial charge in [-0.2, -0.15) is 0 Å². The van der Waals surface area contributed by atoms with Crippen molar-refractivity contribution in [2.24, 2.45) is 0 Å². The number of likely N-dealkylation sites (N-methyl/N-ethyl adjacent to an activating group) is 1. The largest absolute Gasteiger partial charge is 0.495 e. The van der Waals surface area contributed by atoms with Crippen molar-refractivity contribution in [3.8, 4) is 5.75 Å². The number of hydrogen-bond donors (Lipinski definition) is 2. The van der Waals surface area contributed by atoms with Gasteiger partial charge in [0.15, 0.2) is 5.11 Å². The van der Waals surface area contributed by atoms with E-state index in [-0.39, 0.29) is 12.1 Å². The quantitative estimate of drug-likeness (QED) is 0.727. The van der Waals surface area contributed by atoms with E-state index in [0.717, 1.165) is 37.6 Å². The molecule has 0 amide bonds. The molecule has 28 heavy (non-hydrogen) atoms. The zero-order chi connectivity index (χ0) is 19.9. The molecule has 0 saturated carbocycles. The molecule has 1 aliphatic rings. The van der Waals surface area contributed by atoms with Gasteiger partial charge >= 0.3 is 0 Å². The van der Waals surface area contributed by atoms with E-state index in [1.54, 1.807) is 7.11 Å². The van der Waals surface area contributed by atoms with Crippen molar-refractivity contribution in [1.29, 1.82) is 0 Å². The fraction of sp³-hybridized carbons (Fsp3) is 0.409. The molecule has 150 valence electrons. The lowest BCUT2D eigenvalue weighted by molar-refractivity contribution is 0.0973. The van der Waals surface area contributed by atoms with Crippen molar-refractivity contribution in [2.45, 2.75) is 19.0 Å². The number of nitrogens with one attached hydrogen (secondary N) is 2. The molecule has 0 spiro atoms. The molecule has 0 radical (unpaired) electrons. The van der Waals surface area contributed by atoms with E-state index >= 15 is 0 Å². The summed E-state index contributed by atoms with van der Waals surface area (Å²) in [4.78, 5) is 4.93. The lowest BCUT2D eigenvalue weighted by atomic mass is 9.98. The van der Waals surface area contributed by atoms with Gasteiger partial charge in [-0.25, -0.2) is 0 Å². The predicted molar refractivity (Wildman–Crippen MR) is 120 cm³/mol. The second-order valence-electron chi connectivity index (χ2n) is 7.28. The Labute approximate surface area is 173 Å². The van der Waals surface area contributed by atoms with Gasteiger partial charge in [0.05, 0.1) is 18.8 Å². The molecule has 1 saturated heterocycles. The van der Waals surface area contributed by atoms with Crippen molar-refractivity contribution in [2.75, 3.05) is 45.7 Å². The molecule has 1 aliphatic heterocycles. The summed E-state index contributed by atoms with van der Waals surface area (Å²) in [7, 11) is 3.85. The van der Waals surface area contributed by atoms with Crippen LogP contribution in [0.25, 0.3) is 0 Å². The average Bonchev–Trinajstić information content (AvgIpc) is 2.71. The highest BCUT2D eigenvalue weighted by Gasteiger charge is 2.28. The molecule has 1 heterocycles. The van der Waals surface area contributed by atoms with Crippen molar-refractivity contribution in [3.05, 3.63) is 60.2 Å². The highest BCUT2D eigenvalue weighted by Crippen LogP contribution is 2.26. The first-order chi connectivity index (χ1) is 13.6. The first-order valence-corrected chi connectivity index (χ1v) is 10.2. The standard InChI is InChI=1S/C22H30N4OS/c1-17(23-22(28)24-19-11-7-8-12-20(19)27-3)21(18-9-5-4-6-10-18)26-15-13-25(2)14-16-26/h4-12,17,21H,13-16H2,1-3H3,(H2,23,24,28)/t17-,21-/m1/s1. The lowest BCUT2D eigenvalue weighted by Gasteiger charge is -2.41. The molecule has 0 bridgehead atoms. The normalized spacial score (nSPS) is 17.5. The Kier molecular flexibility index (Phi) is 7.25. The molecule has 5 nitrogen and oxygen atoms in total. The highest BCUT2D eigenvalue weighted by molar-refractivity contribution is 7.80. The van der Waals surface area contributed by atoms with E-state index in [9.17, 15) is 0 Å². The molecule has 3 rings (SSSR count). The summed E-state index contributed by atoms with van der Waals surface area (Å²) in [6.45, 7) is 6.47. The van der Waals surface area contributed by atoms with E-state index < -0.39 is 0 Å². The van der Waals surface area contributed by atoms with Crippen molar-refractivity contribution in [3.63, 3.8) is 0 Å². The maximum absolute atomic E-state index is 5.60. The van der Waals surface area contributed by atoms with Crippen LogP contribution >= 0.6 is 12.2 Å². The Morgan fingerprint density at radius 2 is 1.64 bits per heavy atom. The van der Waals surface area contributed by atoms with Crippen LogP contribution < -0.4 is 15.4 Å². The number of thiocarbonyl (C=S) groups is 1. The third kappa shape index (κ3) is 5.22. The number of nitrogens with zero attached hydrogens (tertiary/aromatic N) is 2. The number of piperazine rings is 1. The first-order valence-electron chi connectivity index (χ1n) is 9.76. The molecule has 0 aliphatic carbocycles. The number of anilines is 1. The second kappa shape index (κ2) is 9.87.